The van der Waals surface area contributed by atoms with E-state index in [1.54, 1.807) is 13.2 Å². The molecule has 1 aromatic heterocycles. The Morgan fingerprint density at radius 3 is 2.91 bits per heavy atom. The van der Waals surface area contributed by atoms with Gasteiger partial charge in [-0.05, 0) is 42.7 Å². The average molecular weight is 474 g/mol. The second kappa shape index (κ2) is 10.4. The molecule has 0 radical (unpaired) electrons. The largest absolute Gasteiger partial charge is 0.383 e. The van der Waals surface area contributed by atoms with Gasteiger partial charge in [0, 0.05) is 25.9 Å². The Labute approximate surface area is 193 Å². The number of hydrogen-bond donors (Lipinski definition) is 0. The van der Waals surface area contributed by atoms with E-state index in [9.17, 15) is 14.0 Å². The predicted octanol–water partition coefficient (Wildman–Crippen LogP) is 3.63. The number of halogens is 1. The van der Waals surface area contributed by atoms with Gasteiger partial charge in [-0.2, -0.15) is 4.99 Å². The molecule has 0 N–H and O–H groups in total. The highest BCUT2D eigenvalue weighted by atomic mass is 32.2. The van der Waals surface area contributed by atoms with Gasteiger partial charge >= 0.3 is 0 Å². The lowest BCUT2D eigenvalue weighted by Gasteiger charge is -2.29. The van der Waals surface area contributed by atoms with Gasteiger partial charge in [-0.3, -0.25) is 9.59 Å². The third kappa shape index (κ3) is 5.11. The molecular formula is C23H24FN3O3S2. The Kier molecular flexibility index (Phi) is 7.39. The molecule has 0 aliphatic carbocycles. The van der Waals surface area contributed by atoms with Gasteiger partial charge in [0.1, 0.15) is 5.82 Å². The summed E-state index contributed by atoms with van der Waals surface area (Å²) in [7, 11) is 1.60. The van der Waals surface area contributed by atoms with Crippen molar-refractivity contribution in [3.05, 3.63) is 58.6 Å². The Bertz CT molecular complexity index is 1200. The molecule has 32 heavy (non-hydrogen) atoms. The molecule has 9 heteroatoms. The first-order valence-electron chi connectivity index (χ1n) is 10.4. The molecule has 1 aliphatic heterocycles. The zero-order valence-corrected chi connectivity index (χ0v) is 19.4. The average Bonchev–Trinajstić information content (AvgIpc) is 3.12. The molecule has 168 valence electrons. The number of hydrogen-bond acceptors (Lipinski definition) is 5. The number of aromatic nitrogens is 1. The third-order valence-corrected chi connectivity index (χ3v) is 7.19. The Hall–Kier alpha value is -2.49. The van der Waals surface area contributed by atoms with Crippen LogP contribution >= 0.6 is 23.1 Å². The molecule has 0 bridgehead atoms. The van der Waals surface area contributed by atoms with Gasteiger partial charge < -0.3 is 14.2 Å². The number of carbonyl (C=O) groups excluding carboxylic acids is 2. The molecule has 0 atom stereocenters. The number of methoxy groups -OCH3 is 1. The van der Waals surface area contributed by atoms with Crippen molar-refractivity contribution in [3.63, 3.8) is 0 Å². The van der Waals surface area contributed by atoms with Gasteiger partial charge in [0.15, 0.2) is 4.80 Å². The number of thioether (sulfide) groups is 1. The van der Waals surface area contributed by atoms with Crippen LogP contribution in [0.1, 0.15) is 12.0 Å². The van der Waals surface area contributed by atoms with Crippen molar-refractivity contribution >= 4 is 50.8 Å². The Balaban J connectivity index is 1.43. The van der Waals surface area contributed by atoms with Gasteiger partial charge in [-0.25, -0.2) is 4.39 Å². The quantitative estimate of drug-likeness (QED) is 0.526. The van der Waals surface area contributed by atoms with Crippen molar-refractivity contribution in [1.29, 1.82) is 0 Å². The van der Waals surface area contributed by atoms with Crippen molar-refractivity contribution in [2.75, 3.05) is 36.7 Å². The van der Waals surface area contributed by atoms with Crippen LogP contribution in [0, 0.1) is 5.82 Å². The summed E-state index contributed by atoms with van der Waals surface area (Å²) < 4.78 is 21.4. The monoisotopic (exact) mass is 473 g/mol. The van der Waals surface area contributed by atoms with Crippen LogP contribution in [0.15, 0.2) is 47.5 Å². The van der Waals surface area contributed by atoms with Gasteiger partial charge in [-0.1, -0.05) is 29.5 Å². The summed E-state index contributed by atoms with van der Waals surface area (Å²) >= 11 is 2.53. The predicted molar refractivity (Wildman–Crippen MR) is 127 cm³/mol. The smallest absolute Gasteiger partial charge is 0.258 e. The second-order valence-electron chi connectivity index (χ2n) is 7.42. The molecule has 2 aromatic carbocycles. The van der Waals surface area contributed by atoms with Gasteiger partial charge in [-0.15, -0.1) is 11.8 Å². The van der Waals surface area contributed by atoms with Crippen molar-refractivity contribution in [2.45, 2.75) is 19.4 Å². The van der Waals surface area contributed by atoms with E-state index in [2.05, 4.69) is 11.1 Å². The van der Waals surface area contributed by atoms with E-state index in [-0.39, 0.29) is 29.1 Å². The number of ether oxygens (including phenoxy) is 1. The first-order chi connectivity index (χ1) is 15.6. The number of anilines is 1. The van der Waals surface area contributed by atoms with Crippen molar-refractivity contribution < 1.29 is 18.7 Å². The number of carbonyl (C=O) groups is 2. The summed E-state index contributed by atoms with van der Waals surface area (Å²) in [4.78, 5) is 31.8. The molecule has 0 fully saturated rings. The molecule has 0 saturated carbocycles. The topological polar surface area (TPSA) is 63.9 Å². The van der Waals surface area contributed by atoms with Crippen LogP contribution in [0.25, 0.3) is 10.2 Å². The number of para-hydroxylation sites is 1. The number of amides is 2. The van der Waals surface area contributed by atoms with Crippen LogP contribution < -0.4 is 9.70 Å². The highest BCUT2D eigenvalue weighted by Crippen LogP contribution is 2.27. The molecular weight excluding hydrogens is 449 g/mol. The molecule has 4 rings (SSSR count). The van der Waals surface area contributed by atoms with Crippen LogP contribution in [0.5, 0.6) is 0 Å². The van der Waals surface area contributed by atoms with Gasteiger partial charge in [0.2, 0.25) is 5.91 Å². The minimum atomic E-state index is -0.330. The summed E-state index contributed by atoms with van der Waals surface area (Å²) in [6.45, 7) is 1.66. The number of fused-ring (bicyclic) bond motifs is 2. The van der Waals surface area contributed by atoms with Crippen LogP contribution in [0.4, 0.5) is 10.1 Å². The Morgan fingerprint density at radius 2 is 2.06 bits per heavy atom. The number of rotatable bonds is 7. The summed E-state index contributed by atoms with van der Waals surface area (Å²) in [6, 6.07) is 12.5. The molecule has 0 unspecified atom stereocenters. The number of thiazole rings is 1. The van der Waals surface area contributed by atoms with E-state index < -0.39 is 0 Å². The van der Waals surface area contributed by atoms with Crippen LogP contribution in [0.3, 0.4) is 0 Å². The fraction of sp³-hybridized carbons (Fsp3) is 0.348. The maximum atomic E-state index is 13.6. The van der Waals surface area contributed by atoms with Crippen LogP contribution in [-0.2, 0) is 27.3 Å². The molecule has 0 spiro atoms. The number of benzene rings is 2. The molecule has 6 nitrogen and oxygen atoms in total. The zero-order chi connectivity index (χ0) is 22.5. The lowest BCUT2D eigenvalue weighted by atomic mass is 10.0. The van der Waals surface area contributed by atoms with E-state index >= 15 is 0 Å². The highest BCUT2D eigenvalue weighted by Gasteiger charge is 2.22. The molecule has 2 amide bonds. The molecule has 0 saturated heterocycles. The summed E-state index contributed by atoms with van der Waals surface area (Å²) in [5.74, 6) is -0.322. The number of nitrogens with zero attached hydrogens (tertiary/aromatic N) is 3. The number of aryl methyl sites for hydroxylation is 1. The molecule has 3 aromatic rings. The van der Waals surface area contributed by atoms with Crippen molar-refractivity contribution in [1.82, 2.24) is 4.57 Å². The maximum Gasteiger partial charge on any atom is 0.258 e. The normalized spacial score (nSPS) is 14.1. The maximum absolute atomic E-state index is 13.6. The summed E-state index contributed by atoms with van der Waals surface area (Å²) in [5, 5.41) is 0. The lowest BCUT2D eigenvalue weighted by molar-refractivity contribution is -0.116. The lowest BCUT2D eigenvalue weighted by Crippen LogP contribution is -2.36. The molecule has 2 heterocycles. The minimum Gasteiger partial charge on any atom is -0.383 e. The summed E-state index contributed by atoms with van der Waals surface area (Å²) in [5.41, 5.74) is 2.97. The van der Waals surface area contributed by atoms with Gasteiger partial charge in [0.25, 0.3) is 5.91 Å². The standard InChI is InChI=1S/C23H24FN3O3S2/c1-30-12-11-27-19-9-8-17(24)13-20(19)32-23(27)25-21(28)14-31-15-22(29)26-10-4-6-16-5-2-3-7-18(16)26/h2-3,5,7-9,13H,4,6,10-12,14-15H2,1H3. The highest BCUT2D eigenvalue weighted by molar-refractivity contribution is 8.00. The van der Waals surface area contributed by atoms with E-state index in [1.165, 1.54) is 40.8 Å². The van der Waals surface area contributed by atoms with Crippen LogP contribution in [0.2, 0.25) is 0 Å². The van der Waals surface area contributed by atoms with E-state index in [0.717, 1.165) is 28.7 Å². The van der Waals surface area contributed by atoms with E-state index in [4.69, 9.17) is 4.74 Å². The van der Waals surface area contributed by atoms with Gasteiger partial charge in [0.05, 0.1) is 28.3 Å². The zero-order valence-electron chi connectivity index (χ0n) is 17.8. The fourth-order valence-corrected chi connectivity index (χ4v) is 5.54. The SMILES string of the molecule is COCCn1c(=NC(=O)CSCC(=O)N2CCCc3ccccc32)sc2cc(F)ccc21. The van der Waals surface area contributed by atoms with E-state index in [1.807, 2.05) is 27.7 Å². The van der Waals surface area contributed by atoms with E-state index in [0.29, 0.717) is 24.5 Å². The van der Waals surface area contributed by atoms with Crippen molar-refractivity contribution in [3.8, 4) is 0 Å². The van der Waals surface area contributed by atoms with Crippen LogP contribution in [-0.4, -0.2) is 48.1 Å². The fourth-order valence-electron chi connectivity index (χ4n) is 3.77. The second-order valence-corrected chi connectivity index (χ2v) is 9.41. The summed E-state index contributed by atoms with van der Waals surface area (Å²) in [6.07, 6.45) is 1.92. The first-order valence-corrected chi connectivity index (χ1v) is 12.4. The molecule has 1 aliphatic rings. The minimum absolute atomic E-state index is 0.00226. The Morgan fingerprint density at radius 1 is 1.22 bits per heavy atom. The first kappa shape index (κ1) is 22.7. The third-order valence-electron chi connectivity index (χ3n) is 5.25. The van der Waals surface area contributed by atoms with Crippen molar-refractivity contribution in [2.24, 2.45) is 4.99 Å².